The van der Waals surface area contributed by atoms with E-state index in [1.54, 1.807) is 27.5 Å². The highest BCUT2D eigenvalue weighted by molar-refractivity contribution is 6.00. The predicted octanol–water partition coefficient (Wildman–Crippen LogP) is 1.76. The smallest absolute Gasteiger partial charge is 0.255 e. The third-order valence-electron chi connectivity index (χ3n) is 5.69. The lowest BCUT2D eigenvalue weighted by Gasteiger charge is -2.16. The van der Waals surface area contributed by atoms with E-state index >= 15 is 0 Å². The molecule has 4 rings (SSSR count). The molecule has 10 nitrogen and oxygen atoms in total. The molecule has 3 N–H and O–H groups in total. The van der Waals surface area contributed by atoms with Gasteiger partial charge in [0, 0.05) is 38.0 Å². The predicted molar refractivity (Wildman–Crippen MR) is 128 cm³/mol. The summed E-state index contributed by atoms with van der Waals surface area (Å²) < 4.78 is 8.59. The van der Waals surface area contributed by atoms with Crippen LogP contribution in [0.3, 0.4) is 0 Å². The molecule has 174 valence electrons. The van der Waals surface area contributed by atoms with Crippen molar-refractivity contribution in [3.05, 3.63) is 65.8 Å². The number of primary amides is 1. The average molecular weight is 460 g/mol. The molecule has 0 aliphatic carbocycles. The van der Waals surface area contributed by atoms with Crippen LogP contribution in [-0.4, -0.2) is 57.0 Å². The molecule has 2 aromatic heterocycles. The summed E-state index contributed by atoms with van der Waals surface area (Å²) in [5, 5.41) is 12.8. The number of rotatable bonds is 5. The van der Waals surface area contributed by atoms with Gasteiger partial charge in [-0.3, -0.25) is 14.3 Å². The van der Waals surface area contributed by atoms with Gasteiger partial charge in [-0.25, -0.2) is 4.68 Å². The Balaban J connectivity index is 1.74. The van der Waals surface area contributed by atoms with Gasteiger partial charge in [-0.05, 0) is 30.2 Å². The van der Waals surface area contributed by atoms with Crippen LogP contribution in [0.4, 0.5) is 5.82 Å². The Morgan fingerprint density at radius 2 is 2.15 bits per heavy atom. The Morgan fingerprint density at radius 3 is 2.82 bits per heavy atom. The maximum atomic E-state index is 12.3. The molecular formula is C24H25N7O3. The fraction of sp³-hybridized carbons (Fsp3) is 0.250. The first-order valence-corrected chi connectivity index (χ1v) is 10.6. The monoisotopic (exact) mass is 459 g/mol. The highest BCUT2D eigenvalue weighted by atomic mass is 16.5. The normalized spacial score (nSPS) is 16.4. The summed E-state index contributed by atoms with van der Waals surface area (Å²) in [7, 11) is 5.07. The Kier molecular flexibility index (Phi) is 6.10. The first kappa shape index (κ1) is 22.7. The number of nitrogens with zero attached hydrogens (tertiary/aromatic N) is 5. The summed E-state index contributed by atoms with van der Waals surface area (Å²) >= 11 is 0. The van der Waals surface area contributed by atoms with Crippen LogP contribution in [0, 0.1) is 11.8 Å². The van der Waals surface area contributed by atoms with Crippen molar-refractivity contribution in [1.29, 1.82) is 0 Å². The number of hydrogen-bond acceptors (Lipinski definition) is 6. The molecule has 1 atom stereocenters. The number of likely N-dealkylation sites (tertiary alicyclic amines) is 1. The molecule has 1 saturated heterocycles. The lowest BCUT2D eigenvalue weighted by Crippen LogP contribution is -2.27. The van der Waals surface area contributed by atoms with Crippen molar-refractivity contribution in [1.82, 2.24) is 24.5 Å². The standard InChI is InChI=1S/C24H25N7O3/c1-5-21(32)30-13-17(11-18(30)14-34-4)31-24(26-2)22(23(25)33)19(28-31)8-6-15-7-9-20-16(10-15)12-27-29(20)3/h5,7,9-10,12,14,17,26H,1,11,13H2,2-4H3,(H2,25,33)/b18-14+/t17-/m0/s1. The van der Waals surface area contributed by atoms with E-state index in [1.807, 2.05) is 25.2 Å². The zero-order valence-electron chi connectivity index (χ0n) is 19.2. The summed E-state index contributed by atoms with van der Waals surface area (Å²) in [6.45, 7) is 3.90. The number of aromatic nitrogens is 4. The minimum Gasteiger partial charge on any atom is -0.503 e. The minimum atomic E-state index is -0.646. The molecule has 1 aliphatic rings. The van der Waals surface area contributed by atoms with Crippen molar-refractivity contribution >= 4 is 28.5 Å². The van der Waals surface area contributed by atoms with E-state index in [0.717, 1.165) is 16.5 Å². The Morgan fingerprint density at radius 1 is 1.35 bits per heavy atom. The topological polar surface area (TPSA) is 120 Å². The molecular weight excluding hydrogens is 434 g/mol. The second-order valence-corrected chi connectivity index (χ2v) is 7.78. The quantitative estimate of drug-likeness (QED) is 0.341. The van der Waals surface area contributed by atoms with E-state index in [1.165, 1.54) is 19.4 Å². The van der Waals surface area contributed by atoms with Gasteiger partial charge < -0.3 is 20.7 Å². The Labute approximate surface area is 196 Å². The maximum Gasteiger partial charge on any atom is 0.255 e. The highest BCUT2D eigenvalue weighted by Gasteiger charge is 2.35. The van der Waals surface area contributed by atoms with Gasteiger partial charge in [0.1, 0.15) is 17.6 Å². The molecule has 34 heavy (non-hydrogen) atoms. The minimum absolute atomic E-state index is 0.197. The number of amides is 2. The molecule has 3 aromatic rings. The maximum absolute atomic E-state index is 12.3. The lowest BCUT2D eigenvalue weighted by molar-refractivity contribution is -0.123. The summed E-state index contributed by atoms with van der Waals surface area (Å²) in [4.78, 5) is 26.2. The lowest BCUT2D eigenvalue weighted by atomic mass is 10.1. The molecule has 2 amide bonds. The van der Waals surface area contributed by atoms with Gasteiger partial charge in [-0.1, -0.05) is 12.5 Å². The van der Waals surface area contributed by atoms with Gasteiger partial charge in [0.25, 0.3) is 5.91 Å². The van der Waals surface area contributed by atoms with E-state index in [4.69, 9.17) is 10.5 Å². The first-order valence-electron chi connectivity index (χ1n) is 10.6. The van der Waals surface area contributed by atoms with Crippen molar-refractivity contribution < 1.29 is 14.3 Å². The van der Waals surface area contributed by atoms with Gasteiger partial charge in [0.05, 0.1) is 30.6 Å². The zero-order chi connectivity index (χ0) is 24.4. The number of aryl methyl sites for hydroxylation is 1. The van der Waals surface area contributed by atoms with Crippen LogP contribution >= 0.6 is 0 Å². The summed E-state index contributed by atoms with van der Waals surface area (Å²) in [6, 6.07) is 5.49. The molecule has 3 heterocycles. The number of ether oxygens (including phenoxy) is 1. The number of nitrogens with two attached hydrogens (primary N) is 1. The van der Waals surface area contributed by atoms with Crippen LogP contribution in [0.1, 0.15) is 34.1 Å². The number of carbonyl (C=O) groups is 2. The van der Waals surface area contributed by atoms with Crippen molar-refractivity contribution in [3.63, 3.8) is 0 Å². The molecule has 1 aliphatic heterocycles. The molecule has 0 saturated carbocycles. The number of hydrogen-bond donors (Lipinski definition) is 2. The molecule has 0 spiro atoms. The number of methoxy groups -OCH3 is 1. The fourth-order valence-electron chi connectivity index (χ4n) is 4.13. The van der Waals surface area contributed by atoms with Crippen LogP contribution < -0.4 is 11.1 Å². The van der Waals surface area contributed by atoms with Crippen LogP contribution in [-0.2, 0) is 16.6 Å². The molecule has 10 heteroatoms. The third-order valence-corrected chi connectivity index (χ3v) is 5.69. The van der Waals surface area contributed by atoms with Crippen molar-refractivity contribution in [2.24, 2.45) is 12.8 Å². The van der Waals surface area contributed by atoms with Crippen LogP contribution in [0.25, 0.3) is 10.9 Å². The van der Waals surface area contributed by atoms with Crippen LogP contribution in [0.15, 0.2) is 49.0 Å². The summed E-state index contributed by atoms with van der Waals surface area (Å²) in [6.07, 6.45) is 5.00. The largest absolute Gasteiger partial charge is 0.503 e. The molecule has 1 fully saturated rings. The van der Waals surface area contributed by atoms with Crippen molar-refractivity contribution in [2.75, 3.05) is 26.0 Å². The van der Waals surface area contributed by atoms with E-state index in [9.17, 15) is 9.59 Å². The Bertz CT molecular complexity index is 1390. The highest BCUT2D eigenvalue weighted by Crippen LogP contribution is 2.34. The van der Waals surface area contributed by atoms with E-state index < -0.39 is 5.91 Å². The van der Waals surface area contributed by atoms with Crippen LogP contribution in [0.2, 0.25) is 0 Å². The summed E-state index contributed by atoms with van der Waals surface area (Å²) in [5.41, 5.74) is 8.59. The van der Waals surface area contributed by atoms with Gasteiger partial charge in [-0.15, -0.1) is 0 Å². The third kappa shape index (κ3) is 3.99. The van der Waals surface area contributed by atoms with Gasteiger partial charge in [0.15, 0.2) is 5.69 Å². The van der Waals surface area contributed by atoms with Gasteiger partial charge in [0.2, 0.25) is 5.91 Å². The van der Waals surface area contributed by atoms with Crippen molar-refractivity contribution in [3.8, 4) is 11.8 Å². The van der Waals surface area contributed by atoms with Gasteiger partial charge in [-0.2, -0.15) is 10.2 Å². The molecule has 1 aromatic carbocycles. The van der Waals surface area contributed by atoms with Gasteiger partial charge >= 0.3 is 0 Å². The number of anilines is 1. The number of carbonyl (C=O) groups excluding carboxylic acids is 2. The number of benzene rings is 1. The number of allylic oxidation sites excluding steroid dienone is 1. The molecule has 0 radical (unpaired) electrons. The molecule has 0 bridgehead atoms. The second kappa shape index (κ2) is 9.15. The van der Waals surface area contributed by atoms with Crippen molar-refractivity contribution in [2.45, 2.75) is 12.5 Å². The number of nitrogens with one attached hydrogen (secondary N) is 1. The fourth-order valence-corrected chi connectivity index (χ4v) is 4.13. The van der Waals surface area contributed by atoms with Crippen LogP contribution in [0.5, 0.6) is 0 Å². The molecule has 0 unspecified atom stereocenters. The zero-order valence-corrected chi connectivity index (χ0v) is 19.2. The summed E-state index contributed by atoms with van der Waals surface area (Å²) in [5.74, 6) is 5.61. The SMILES string of the molecule is C=CC(=O)N1C[C@@H](n2nc(C#Cc3ccc4c(cnn4C)c3)c(C(N)=O)c2NC)C/C1=C\OC. The van der Waals surface area contributed by atoms with E-state index in [0.29, 0.717) is 24.5 Å². The second-order valence-electron chi connectivity index (χ2n) is 7.78. The van der Waals surface area contributed by atoms with E-state index in [2.05, 4.69) is 33.9 Å². The average Bonchev–Trinajstić information content (AvgIpc) is 3.52. The Hall–Kier alpha value is -4.52. The van der Waals surface area contributed by atoms with E-state index in [-0.39, 0.29) is 23.2 Å². The number of fused-ring (bicyclic) bond motifs is 1. The first-order chi connectivity index (χ1) is 16.4.